The third-order valence-corrected chi connectivity index (χ3v) is 6.51. The number of fused-ring (bicyclic) bond motifs is 1. The smallest absolute Gasteiger partial charge is 0.224 e. The van der Waals surface area contributed by atoms with E-state index in [4.69, 9.17) is 10.5 Å². The van der Waals surface area contributed by atoms with Gasteiger partial charge in [-0.15, -0.1) is 0 Å². The van der Waals surface area contributed by atoms with Crippen molar-refractivity contribution in [3.05, 3.63) is 18.1 Å². The van der Waals surface area contributed by atoms with Gasteiger partial charge in [0.15, 0.2) is 5.65 Å². The fourth-order valence-electron chi connectivity index (χ4n) is 5.13. The van der Waals surface area contributed by atoms with Crippen LogP contribution in [0.3, 0.4) is 0 Å². The van der Waals surface area contributed by atoms with E-state index >= 15 is 0 Å². The van der Waals surface area contributed by atoms with E-state index < -0.39 is 0 Å². The third kappa shape index (κ3) is 2.67. The molecule has 0 amide bonds. The van der Waals surface area contributed by atoms with Gasteiger partial charge in [0, 0.05) is 17.6 Å². The molecule has 5 rings (SSSR count). The lowest BCUT2D eigenvalue weighted by Crippen LogP contribution is -2.52. The maximum Gasteiger partial charge on any atom is 0.224 e. The fraction of sp³-hybridized carbons (Fsp3) is 0.722. The van der Waals surface area contributed by atoms with E-state index in [9.17, 15) is 0 Å². The molecule has 3 N–H and O–H groups in total. The maximum atomic E-state index is 6.44. The first-order valence-corrected chi connectivity index (χ1v) is 9.81. The molecule has 8 heteroatoms. The molecule has 0 bridgehead atoms. The molecule has 2 unspecified atom stereocenters. The van der Waals surface area contributed by atoms with Crippen LogP contribution in [0.1, 0.15) is 50.2 Å². The Labute approximate surface area is 153 Å². The Morgan fingerprint density at radius 1 is 1.23 bits per heavy atom. The summed E-state index contributed by atoms with van der Waals surface area (Å²) in [7, 11) is 0. The number of aromatic nitrogens is 4. The lowest BCUT2D eigenvalue weighted by Gasteiger charge is -2.42. The Morgan fingerprint density at radius 3 is 3.00 bits per heavy atom. The molecule has 3 aliphatic heterocycles. The minimum absolute atomic E-state index is 0.0541. The minimum atomic E-state index is 0.0541. The Morgan fingerprint density at radius 2 is 2.12 bits per heavy atom. The normalized spacial score (nSPS) is 29.1. The molecule has 2 atom stereocenters. The van der Waals surface area contributed by atoms with Crippen molar-refractivity contribution in [1.29, 1.82) is 0 Å². The zero-order valence-electron chi connectivity index (χ0n) is 15.1. The Hall–Kier alpha value is -1.77. The molecule has 5 heterocycles. The standard InChI is InChI=1S/C18H27N7O/c19-17-22-12-21-16-14(10-23-25(16)17)15-3-2-13(26-15)11-24-9-1-4-18(24)5-7-20-8-6-18/h10,12-13,15,20H,1-9,11H2,(H2,19,21,22). The van der Waals surface area contributed by atoms with Gasteiger partial charge >= 0.3 is 0 Å². The van der Waals surface area contributed by atoms with Crippen LogP contribution in [-0.4, -0.2) is 62.3 Å². The van der Waals surface area contributed by atoms with Crippen LogP contribution in [-0.2, 0) is 4.74 Å². The molecule has 2 aromatic rings. The van der Waals surface area contributed by atoms with Gasteiger partial charge in [0.1, 0.15) is 6.33 Å². The number of nitrogens with two attached hydrogens (primary N) is 1. The van der Waals surface area contributed by atoms with E-state index in [-0.39, 0.29) is 6.10 Å². The first-order valence-electron chi connectivity index (χ1n) is 9.81. The summed E-state index contributed by atoms with van der Waals surface area (Å²) in [5, 5.41) is 7.84. The molecule has 26 heavy (non-hydrogen) atoms. The lowest BCUT2D eigenvalue weighted by molar-refractivity contribution is -0.00277. The van der Waals surface area contributed by atoms with Crippen LogP contribution in [0.4, 0.5) is 5.95 Å². The molecule has 0 aliphatic carbocycles. The quantitative estimate of drug-likeness (QED) is 0.851. The van der Waals surface area contributed by atoms with Gasteiger partial charge < -0.3 is 15.8 Å². The minimum Gasteiger partial charge on any atom is -0.369 e. The molecule has 0 saturated carbocycles. The van der Waals surface area contributed by atoms with Crippen molar-refractivity contribution in [2.75, 3.05) is 31.9 Å². The maximum absolute atomic E-state index is 6.44. The predicted molar refractivity (Wildman–Crippen MR) is 97.7 cm³/mol. The number of rotatable bonds is 3. The monoisotopic (exact) mass is 357 g/mol. The number of hydrogen-bond donors (Lipinski definition) is 2. The van der Waals surface area contributed by atoms with Gasteiger partial charge in [-0.2, -0.15) is 9.61 Å². The van der Waals surface area contributed by atoms with Crippen LogP contribution in [0.15, 0.2) is 12.5 Å². The predicted octanol–water partition coefficient (Wildman–Crippen LogP) is 1.14. The number of ether oxygens (including phenoxy) is 1. The van der Waals surface area contributed by atoms with E-state index in [1.54, 1.807) is 4.52 Å². The Kier molecular flexibility index (Phi) is 4.06. The fourth-order valence-corrected chi connectivity index (χ4v) is 5.13. The first kappa shape index (κ1) is 16.4. The average Bonchev–Trinajstić information content (AvgIpc) is 3.36. The van der Waals surface area contributed by atoms with Gasteiger partial charge in [-0.25, -0.2) is 9.97 Å². The van der Waals surface area contributed by atoms with Gasteiger partial charge in [-0.3, -0.25) is 4.90 Å². The summed E-state index contributed by atoms with van der Waals surface area (Å²) in [5.41, 5.74) is 8.09. The molecular weight excluding hydrogens is 330 g/mol. The number of anilines is 1. The molecule has 3 aliphatic rings. The average molecular weight is 357 g/mol. The van der Waals surface area contributed by atoms with Crippen LogP contribution in [0.5, 0.6) is 0 Å². The number of nitrogen functional groups attached to an aromatic ring is 1. The van der Waals surface area contributed by atoms with Crippen molar-refractivity contribution in [1.82, 2.24) is 29.8 Å². The first-order chi connectivity index (χ1) is 12.8. The summed E-state index contributed by atoms with van der Waals surface area (Å²) in [6, 6.07) is 0. The van der Waals surface area contributed by atoms with Crippen LogP contribution < -0.4 is 11.1 Å². The van der Waals surface area contributed by atoms with Crippen LogP contribution in [0.2, 0.25) is 0 Å². The van der Waals surface area contributed by atoms with Gasteiger partial charge in [0.05, 0.1) is 18.4 Å². The summed E-state index contributed by atoms with van der Waals surface area (Å²) in [4.78, 5) is 11.1. The summed E-state index contributed by atoms with van der Waals surface area (Å²) < 4.78 is 8.03. The molecular formula is C18H27N7O. The highest BCUT2D eigenvalue weighted by molar-refractivity contribution is 5.50. The zero-order chi connectivity index (χ0) is 17.6. The van der Waals surface area contributed by atoms with Gasteiger partial charge in [0.2, 0.25) is 5.95 Å². The highest BCUT2D eigenvalue weighted by atomic mass is 16.5. The molecule has 0 aromatic carbocycles. The second kappa shape index (κ2) is 6.44. The van der Waals surface area contributed by atoms with Gasteiger partial charge in [0.25, 0.3) is 0 Å². The van der Waals surface area contributed by atoms with E-state index in [0.717, 1.165) is 43.7 Å². The number of nitrogens with one attached hydrogen (secondary N) is 1. The summed E-state index contributed by atoms with van der Waals surface area (Å²) >= 11 is 0. The van der Waals surface area contributed by atoms with Crippen molar-refractivity contribution in [2.45, 2.75) is 56.3 Å². The molecule has 3 fully saturated rings. The number of piperidine rings is 1. The van der Waals surface area contributed by atoms with Crippen LogP contribution >= 0.6 is 0 Å². The SMILES string of the molecule is Nc1ncnc2c(C3CCC(CN4CCCC45CCNCC5)O3)cnn12. The number of hydrogen-bond acceptors (Lipinski definition) is 7. The van der Waals surface area contributed by atoms with Crippen molar-refractivity contribution >= 4 is 11.6 Å². The topological polar surface area (TPSA) is 93.6 Å². The summed E-state index contributed by atoms with van der Waals surface area (Å²) in [6.45, 7) is 4.56. The van der Waals surface area contributed by atoms with Crippen LogP contribution in [0, 0.1) is 0 Å². The van der Waals surface area contributed by atoms with E-state index in [2.05, 4.69) is 25.3 Å². The number of likely N-dealkylation sites (tertiary alicyclic amines) is 1. The second-order valence-electron chi connectivity index (χ2n) is 7.92. The highest BCUT2D eigenvalue weighted by Crippen LogP contribution is 2.40. The molecule has 140 valence electrons. The molecule has 8 nitrogen and oxygen atoms in total. The zero-order valence-corrected chi connectivity index (χ0v) is 15.1. The van der Waals surface area contributed by atoms with Crippen molar-refractivity contribution < 1.29 is 4.74 Å². The summed E-state index contributed by atoms with van der Waals surface area (Å²) in [5.74, 6) is 0.362. The van der Waals surface area contributed by atoms with Crippen molar-refractivity contribution in [3.63, 3.8) is 0 Å². The Bertz CT molecular complexity index is 785. The van der Waals surface area contributed by atoms with E-state index in [1.807, 2.05) is 6.20 Å². The molecule has 3 saturated heterocycles. The van der Waals surface area contributed by atoms with Crippen LogP contribution in [0.25, 0.3) is 5.65 Å². The van der Waals surface area contributed by atoms with Gasteiger partial charge in [-0.05, 0) is 58.2 Å². The van der Waals surface area contributed by atoms with Crippen molar-refractivity contribution in [2.24, 2.45) is 0 Å². The molecule has 0 radical (unpaired) electrons. The van der Waals surface area contributed by atoms with E-state index in [0.29, 0.717) is 17.6 Å². The van der Waals surface area contributed by atoms with Crippen molar-refractivity contribution in [3.8, 4) is 0 Å². The number of nitrogens with zero attached hydrogens (tertiary/aromatic N) is 5. The third-order valence-electron chi connectivity index (χ3n) is 6.51. The molecule has 2 aromatic heterocycles. The lowest BCUT2D eigenvalue weighted by atomic mass is 9.85. The largest absolute Gasteiger partial charge is 0.369 e. The van der Waals surface area contributed by atoms with E-state index in [1.165, 1.54) is 38.6 Å². The van der Waals surface area contributed by atoms with Gasteiger partial charge in [-0.1, -0.05) is 0 Å². The highest BCUT2D eigenvalue weighted by Gasteiger charge is 2.43. The second-order valence-corrected chi connectivity index (χ2v) is 7.92. The Balaban J connectivity index is 1.29. The summed E-state index contributed by atoms with van der Waals surface area (Å²) in [6.07, 6.45) is 11.0. The molecule has 1 spiro atoms.